The number of nitrogens with zero attached hydrogens (tertiary/aromatic N) is 1. The first kappa shape index (κ1) is 37.8. The van der Waals surface area contributed by atoms with Crippen LogP contribution in [0.2, 0.25) is 0 Å². The first-order valence-corrected chi connectivity index (χ1v) is 23.6. The summed E-state index contributed by atoms with van der Waals surface area (Å²) in [5.41, 5.74) is 2.93. The largest absolute Gasteiger partial charge is 0.285 e. The summed E-state index contributed by atoms with van der Waals surface area (Å²) in [6.07, 6.45) is 20.0. The van der Waals surface area contributed by atoms with Crippen LogP contribution in [0.25, 0.3) is 45.4 Å². The van der Waals surface area contributed by atoms with E-state index in [9.17, 15) is 4.79 Å². The number of aryl methyl sites for hydroxylation is 2. The highest BCUT2D eigenvalue weighted by Crippen LogP contribution is 2.48. The fourth-order valence-electron chi connectivity index (χ4n) is 6.44. The number of carbonyl (C=O) groups excluding carboxylic acids is 1. The summed E-state index contributed by atoms with van der Waals surface area (Å²) < 4.78 is 2.23. The van der Waals surface area contributed by atoms with E-state index in [1.54, 1.807) is 11.8 Å². The summed E-state index contributed by atoms with van der Waals surface area (Å²) in [5, 5.41) is 1.34. The van der Waals surface area contributed by atoms with E-state index in [4.69, 9.17) is 0 Å². The maximum absolute atomic E-state index is 12.7. The van der Waals surface area contributed by atoms with Crippen LogP contribution >= 0.6 is 68.9 Å². The number of fused-ring (bicyclic) bond motifs is 1. The molecule has 1 aromatic carbocycles. The van der Waals surface area contributed by atoms with Gasteiger partial charge in [0.25, 0.3) is 5.91 Å². The fourth-order valence-corrected chi connectivity index (χ4v) is 13.2. The topological polar surface area (TPSA) is 29.4 Å². The van der Waals surface area contributed by atoms with Gasteiger partial charge in [-0.15, -0.1) is 45.3 Å². The van der Waals surface area contributed by atoms with E-state index in [2.05, 4.69) is 86.4 Å². The number of amides is 1. The Morgan fingerprint density at radius 3 is 1.94 bits per heavy atom. The summed E-state index contributed by atoms with van der Waals surface area (Å²) in [6, 6.07) is 20.7. The number of hydrogen-bond acceptors (Lipinski definition) is 7. The molecule has 4 aromatic heterocycles. The zero-order valence-corrected chi connectivity index (χ0v) is 34.6. The van der Waals surface area contributed by atoms with E-state index >= 15 is 0 Å². The molecule has 50 heavy (non-hydrogen) atoms. The lowest BCUT2D eigenvalue weighted by Crippen LogP contribution is -1.87. The highest BCUT2D eigenvalue weighted by molar-refractivity contribution is 8.41. The molecule has 0 saturated heterocycles. The van der Waals surface area contributed by atoms with Crippen LogP contribution in [0.1, 0.15) is 114 Å². The Bertz CT molecular complexity index is 1880. The third-order valence-electron chi connectivity index (χ3n) is 9.10. The van der Waals surface area contributed by atoms with Gasteiger partial charge in [0.1, 0.15) is 4.38 Å². The maximum Gasteiger partial charge on any atom is 0.285 e. The van der Waals surface area contributed by atoms with Crippen LogP contribution < -0.4 is 0 Å². The third-order valence-corrected chi connectivity index (χ3v) is 16.2. The molecule has 0 unspecified atom stereocenters. The average Bonchev–Trinajstić information content (AvgIpc) is 3.95. The van der Waals surface area contributed by atoms with Gasteiger partial charge in [0, 0.05) is 38.8 Å². The smallest absolute Gasteiger partial charge is 0.266 e. The van der Waals surface area contributed by atoms with E-state index in [0.29, 0.717) is 0 Å². The number of thiophene rings is 4. The molecule has 8 heteroatoms. The first-order chi connectivity index (χ1) is 24.6. The number of unbranched alkanes of at least 4 members (excludes halogenated alkanes) is 10. The number of thioether (sulfide) groups is 2. The van der Waals surface area contributed by atoms with Crippen LogP contribution in [0, 0.1) is 0 Å². The summed E-state index contributed by atoms with van der Waals surface area (Å²) in [5.74, 6) is 0.830. The van der Waals surface area contributed by atoms with Crippen molar-refractivity contribution in [2.24, 2.45) is 4.99 Å². The molecule has 2 nitrogen and oxygen atoms in total. The molecule has 1 aliphatic rings. The molecule has 0 atom stereocenters. The van der Waals surface area contributed by atoms with Crippen LogP contribution in [-0.4, -0.2) is 16.0 Å². The molecule has 1 aliphatic heterocycles. The van der Waals surface area contributed by atoms with Gasteiger partial charge in [0.15, 0.2) is 0 Å². The van der Waals surface area contributed by atoms with Crippen molar-refractivity contribution in [2.75, 3.05) is 5.75 Å². The minimum absolute atomic E-state index is 0.0955. The van der Waals surface area contributed by atoms with E-state index < -0.39 is 0 Å². The molecular formula is C42H49NOS6. The summed E-state index contributed by atoms with van der Waals surface area (Å²) in [6.45, 7) is 6.68. The summed E-state index contributed by atoms with van der Waals surface area (Å²) in [4.78, 5) is 27.3. The second-order valence-electron chi connectivity index (χ2n) is 13.0. The lowest BCUT2D eigenvalue weighted by molar-refractivity contribution is -0.113. The predicted molar refractivity (Wildman–Crippen MR) is 232 cm³/mol. The molecule has 0 saturated carbocycles. The Morgan fingerprint density at radius 2 is 1.26 bits per heavy atom. The van der Waals surface area contributed by atoms with Gasteiger partial charge in [-0.3, -0.25) is 4.79 Å². The number of benzene rings is 1. The third kappa shape index (κ3) is 9.93. The zero-order chi connectivity index (χ0) is 34.7. The van der Waals surface area contributed by atoms with Gasteiger partial charge in [-0.2, -0.15) is 4.99 Å². The molecular weight excluding hydrogens is 727 g/mol. The van der Waals surface area contributed by atoms with E-state index in [-0.39, 0.29) is 5.91 Å². The van der Waals surface area contributed by atoms with Gasteiger partial charge < -0.3 is 0 Å². The normalized spacial score (nSPS) is 14.1. The lowest BCUT2D eigenvalue weighted by Gasteiger charge is -2.04. The van der Waals surface area contributed by atoms with Gasteiger partial charge >= 0.3 is 0 Å². The molecule has 0 fully saturated rings. The molecule has 0 aliphatic carbocycles. The summed E-state index contributed by atoms with van der Waals surface area (Å²) in [7, 11) is 0. The van der Waals surface area contributed by atoms with Crippen molar-refractivity contribution in [1.82, 2.24) is 0 Å². The highest BCUT2D eigenvalue weighted by atomic mass is 32.2. The van der Waals surface area contributed by atoms with Crippen molar-refractivity contribution in [3.8, 4) is 29.3 Å². The number of carbonyl (C=O) groups is 1. The van der Waals surface area contributed by atoms with Crippen molar-refractivity contribution in [2.45, 2.75) is 111 Å². The second-order valence-corrected chi connectivity index (χ2v) is 19.9. The molecule has 0 bridgehead atoms. The second kappa shape index (κ2) is 19.2. The van der Waals surface area contributed by atoms with Crippen molar-refractivity contribution in [3.05, 3.63) is 75.5 Å². The molecule has 6 rings (SSSR count). The van der Waals surface area contributed by atoms with Gasteiger partial charge in [0.05, 0.1) is 4.91 Å². The van der Waals surface area contributed by atoms with Gasteiger partial charge in [-0.05, 0) is 90.4 Å². The van der Waals surface area contributed by atoms with Crippen LogP contribution in [0.5, 0.6) is 0 Å². The van der Waals surface area contributed by atoms with Crippen molar-refractivity contribution >= 4 is 95.3 Å². The molecule has 0 radical (unpaired) electrons. The molecule has 5 heterocycles. The van der Waals surface area contributed by atoms with Crippen molar-refractivity contribution < 1.29 is 4.79 Å². The van der Waals surface area contributed by atoms with E-state index in [1.165, 1.54) is 139 Å². The predicted octanol–water partition coefficient (Wildman–Crippen LogP) is 15.6. The van der Waals surface area contributed by atoms with Crippen LogP contribution in [0.4, 0.5) is 0 Å². The Balaban J connectivity index is 1.28. The Kier molecular flexibility index (Phi) is 14.5. The standard InChI is InChI=1S/C42H49NOS6/c1-4-7-9-11-13-15-20-30-25-32(28-38-41(44)43-42(50-38)45-6-3)46-39(30)34-23-24-35(48-34)40-31(21-16-14-12-10-8-5-2)27-37(49-40)36-26-29-19-17-18-22-33(29)47-36/h17-19,22-28H,4-16,20-21H2,1-3H3/b38-28-. The SMILES string of the molecule is CCCCCCCCc1cc(/C=C2\SC(SCC)=NC2=O)sc1-c1ccc(-c2sc(-c3cc4ccccc4s3)cc2CCCCCCCC)s1. The van der Waals surface area contributed by atoms with Crippen LogP contribution in [-0.2, 0) is 17.6 Å². The zero-order valence-electron chi connectivity index (χ0n) is 29.7. The minimum Gasteiger partial charge on any atom is -0.266 e. The number of hydrogen-bond donors (Lipinski definition) is 0. The first-order valence-electron chi connectivity index (χ1n) is 18.6. The minimum atomic E-state index is -0.0955. The van der Waals surface area contributed by atoms with Crippen molar-refractivity contribution in [1.29, 1.82) is 0 Å². The molecule has 264 valence electrons. The maximum atomic E-state index is 12.7. The van der Waals surface area contributed by atoms with Crippen LogP contribution in [0.15, 0.2) is 64.5 Å². The van der Waals surface area contributed by atoms with Gasteiger partial charge in [-0.25, -0.2) is 0 Å². The van der Waals surface area contributed by atoms with Gasteiger partial charge in [-0.1, -0.05) is 127 Å². The molecule has 0 N–H and O–H groups in total. The number of rotatable bonds is 19. The van der Waals surface area contributed by atoms with Crippen molar-refractivity contribution in [3.63, 3.8) is 0 Å². The Morgan fingerprint density at radius 1 is 0.640 bits per heavy atom. The average molecular weight is 776 g/mol. The number of aliphatic imine (C=N–C) groups is 1. The fraction of sp³-hybridized carbons (Fsp3) is 0.429. The molecule has 5 aromatic rings. The Hall–Kier alpha value is -1.94. The van der Waals surface area contributed by atoms with E-state index in [1.807, 2.05) is 45.3 Å². The van der Waals surface area contributed by atoms with E-state index in [0.717, 1.165) is 32.8 Å². The lowest BCUT2D eigenvalue weighted by atomic mass is 10.0. The monoisotopic (exact) mass is 775 g/mol. The summed E-state index contributed by atoms with van der Waals surface area (Å²) >= 11 is 10.9. The molecule has 0 spiro atoms. The quantitative estimate of drug-likeness (QED) is 0.0618. The molecule has 1 amide bonds. The van der Waals surface area contributed by atoms with Gasteiger partial charge in [0.2, 0.25) is 0 Å². The van der Waals surface area contributed by atoms with Crippen LogP contribution in [0.3, 0.4) is 0 Å². The highest BCUT2D eigenvalue weighted by Gasteiger charge is 2.23. The Labute approximate surface area is 323 Å².